The van der Waals surface area contributed by atoms with E-state index in [1.54, 1.807) is 18.2 Å². The van der Waals surface area contributed by atoms with Crippen molar-refractivity contribution in [3.05, 3.63) is 95.0 Å². The Balaban J connectivity index is 1.83. The normalized spacial score (nSPS) is 11.0. The van der Waals surface area contributed by atoms with E-state index >= 15 is 0 Å². The predicted octanol–water partition coefficient (Wildman–Crippen LogP) is 6.65. The molecule has 33 heavy (non-hydrogen) atoms. The molecule has 1 aromatic heterocycles. The van der Waals surface area contributed by atoms with Gasteiger partial charge in [0.1, 0.15) is 5.75 Å². The summed E-state index contributed by atoms with van der Waals surface area (Å²) in [5.74, 6) is -0.0497. The zero-order valence-electron chi connectivity index (χ0n) is 18.5. The maximum absolute atomic E-state index is 11.6. The first kappa shape index (κ1) is 22.6. The van der Waals surface area contributed by atoms with E-state index in [4.69, 9.17) is 21.4 Å². The first-order valence-electron chi connectivity index (χ1n) is 10.8. The van der Waals surface area contributed by atoms with E-state index in [2.05, 4.69) is 26.0 Å². The van der Waals surface area contributed by atoms with E-state index in [0.717, 1.165) is 16.8 Å². The molecule has 0 fully saturated rings. The molecule has 0 aliphatic heterocycles. The molecule has 1 heterocycles. The minimum absolute atomic E-state index is 0.188. The standard InChI is InChI=1S/C27H25ClN2O3/c1-18(2)17-33-26-13-10-21(27(31)32)14-23(26)24-15-25(20-8-11-22(28)12-9-20)30(29-24)16-19-6-4-3-5-7-19/h3-15,18H,16-17H2,1-2H3,(H,31,32). The molecular weight excluding hydrogens is 436 g/mol. The molecule has 1 N–H and O–H groups in total. The van der Waals surface area contributed by atoms with Gasteiger partial charge in [-0.2, -0.15) is 5.10 Å². The molecule has 0 aliphatic carbocycles. The summed E-state index contributed by atoms with van der Waals surface area (Å²) in [7, 11) is 0. The van der Waals surface area contributed by atoms with E-state index < -0.39 is 5.97 Å². The van der Waals surface area contributed by atoms with Crippen molar-refractivity contribution < 1.29 is 14.6 Å². The number of aromatic carboxylic acids is 1. The van der Waals surface area contributed by atoms with Crippen LogP contribution in [0.4, 0.5) is 0 Å². The second kappa shape index (κ2) is 9.92. The van der Waals surface area contributed by atoms with Crippen LogP contribution in [-0.4, -0.2) is 27.5 Å². The van der Waals surface area contributed by atoms with Crippen molar-refractivity contribution in [2.75, 3.05) is 6.61 Å². The van der Waals surface area contributed by atoms with Crippen molar-refractivity contribution in [3.63, 3.8) is 0 Å². The van der Waals surface area contributed by atoms with Crippen LogP contribution in [0.25, 0.3) is 22.5 Å². The number of halogens is 1. The number of carbonyl (C=O) groups is 1. The zero-order chi connectivity index (χ0) is 23.4. The van der Waals surface area contributed by atoms with Gasteiger partial charge in [0.2, 0.25) is 0 Å². The summed E-state index contributed by atoms with van der Waals surface area (Å²) in [6, 6.07) is 24.5. The third-order valence-corrected chi connectivity index (χ3v) is 5.42. The van der Waals surface area contributed by atoms with Crippen LogP contribution in [0.5, 0.6) is 5.75 Å². The minimum Gasteiger partial charge on any atom is -0.493 e. The highest BCUT2D eigenvalue weighted by molar-refractivity contribution is 6.30. The van der Waals surface area contributed by atoms with E-state index in [9.17, 15) is 9.90 Å². The van der Waals surface area contributed by atoms with Crippen LogP contribution in [0.3, 0.4) is 0 Å². The Morgan fingerprint density at radius 3 is 2.42 bits per heavy atom. The first-order valence-corrected chi connectivity index (χ1v) is 11.2. The van der Waals surface area contributed by atoms with Crippen molar-refractivity contribution in [1.82, 2.24) is 9.78 Å². The Bertz CT molecular complexity index is 1250. The van der Waals surface area contributed by atoms with Crippen molar-refractivity contribution in [2.45, 2.75) is 20.4 Å². The Morgan fingerprint density at radius 1 is 1.03 bits per heavy atom. The third kappa shape index (κ3) is 5.44. The summed E-state index contributed by atoms with van der Waals surface area (Å²) in [6.45, 7) is 5.23. The summed E-state index contributed by atoms with van der Waals surface area (Å²) in [5.41, 5.74) is 4.47. The molecule has 168 valence electrons. The zero-order valence-corrected chi connectivity index (χ0v) is 19.3. The number of hydrogen-bond acceptors (Lipinski definition) is 3. The van der Waals surface area contributed by atoms with Crippen molar-refractivity contribution >= 4 is 17.6 Å². The molecule has 0 amide bonds. The van der Waals surface area contributed by atoms with Gasteiger partial charge in [-0.05, 0) is 53.4 Å². The summed E-state index contributed by atoms with van der Waals surface area (Å²) in [6.07, 6.45) is 0. The van der Waals surface area contributed by atoms with Gasteiger partial charge >= 0.3 is 5.97 Å². The quantitative estimate of drug-likeness (QED) is 0.319. The molecule has 0 saturated carbocycles. The van der Waals surface area contributed by atoms with Gasteiger partial charge in [0.05, 0.1) is 30.1 Å². The lowest BCUT2D eigenvalue weighted by Crippen LogP contribution is -2.07. The Hall–Kier alpha value is -3.57. The lowest BCUT2D eigenvalue weighted by Gasteiger charge is -2.13. The van der Waals surface area contributed by atoms with Crippen LogP contribution in [-0.2, 0) is 6.54 Å². The number of ether oxygens (including phenoxy) is 1. The molecule has 3 aromatic carbocycles. The second-order valence-corrected chi connectivity index (χ2v) is 8.72. The molecule has 0 radical (unpaired) electrons. The highest BCUT2D eigenvalue weighted by Gasteiger charge is 2.18. The van der Waals surface area contributed by atoms with Crippen LogP contribution < -0.4 is 4.74 Å². The first-order chi connectivity index (χ1) is 15.9. The van der Waals surface area contributed by atoms with E-state index in [1.165, 1.54) is 0 Å². The van der Waals surface area contributed by atoms with Crippen LogP contribution in [0.15, 0.2) is 78.9 Å². The molecule has 4 aromatic rings. The SMILES string of the molecule is CC(C)COc1ccc(C(=O)O)cc1-c1cc(-c2ccc(Cl)cc2)n(Cc2ccccc2)n1. The highest BCUT2D eigenvalue weighted by Crippen LogP contribution is 2.34. The molecule has 6 heteroatoms. The molecule has 0 aliphatic rings. The minimum atomic E-state index is -0.992. The van der Waals surface area contributed by atoms with Gasteiger partial charge in [0.15, 0.2) is 0 Å². The average molecular weight is 461 g/mol. The molecule has 4 rings (SSSR count). The summed E-state index contributed by atoms with van der Waals surface area (Å²) < 4.78 is 7.94. The molecule has 0 saturated heterocycles. The number of benzene rings is 3. The fourth-order valence-corrected chi connectivity index (χ4v) is 3.65. The molecule has 0 unspecified atom stereocenters. The largest absolute Gasteiger partial charge is 0.493 e. The maximum atomic E-state index is 11.6. The molecular formula is C27H25ClN2O3. The smallest absolute Gasteiger partial charge is 0.335 e. The lowest BCUT2D eigenvalue weighted by molar-refractivity contribution is 0.0697. The predicted molar refractivity (Wildman–Crippen MR) is 131 cm³/mol. The van der Waals surface area contributed by atoms with Crippen LogP contribution in [0.1, 0.15) is 29.8 Å². The fourth-order valence-electron chi connectivity index (χ4n) is 3.52. The molecule has 0 atom stereocenters. The average Bonchev–Trinajstić information content (AvgIpc) is 3.22. The number of rotatable bonds is 8. The molecule has 0 spiro atoms. The number of carboxylic acid groups (broad SMARTS) is 1. The van der Waals surface area contributed by atoms with Gasteiger partial charge in [-0.3, -0.25) is 4.68 Å². The van der Waals surface area contributed by atoms with Gasteiger partial charge in [-0.25, -0.2) is 4.79 Å². The lowest BCUT2D eigenvalue weighted by atomic mass is 10.0. The van der Waals surface area contributed by atoms with Gasteiger partial charge < -0.3 is 9.84 Å². The fraction of sp³-hybridized carbons (Fsp3) is 0.185. The van der Waals surface area contributed by atoms with Crippen LogP contribution in [0, 0.1) is 5.92 Å². The highest BCUT2D eigenvalue weighted by atomic mass is 35.5. The van der Waals surface area contributed by atoms with Gasteiger partial charge in [-0.15, -0.1) is 0 Å². The van der Waals surface area contributed by atoms with Crippen molar-refractivity contribution in [2.24, 2.45) is 5.92 Å². The summed E-state index contributed by atoms with van der Waals surface area (Å²) in [5, 5.41) is 15.1. The monoisotopic (exact) mass is 460 g/mol. The molecule has 5 nitrogen and oxygen atoms in total. The van der Waals surface area contributed by atoms with Crippen molar-refractivity contribution in [3.8, 4) is 28.3 Å². The van der Waals surface area contributed by atoms with Gasteiger partial charge in [0, 0.05) is 10.6 Å². The Morgan fingerprint density at radius 2 is 1.76 bits per heavy atom. The summed E-state index contributed by atoms with van der Waals surface area (Å²) in [4.78, 5) is 11.6. The molecule has 0 bridgehead atoms. The van der Waals surface area contributed by atoms with Gasteiger partial charge in [0.25, 0.3) is 0 Å². The number of nitrogens with zero attached hydrogens (tertiary/aromatic N) is 2. The third-order valence-electron chi connectivity index (χ3n) is 5.17. The van der Waals surface area contributed by atoms with Crippen LogP contribution >= 0.6 is 11.6 Å². The maximum Gasteiger partial charge on any atom is 0.335 e. The number of aromatic nitrogens is 2. The number of carboxylic acids is 1. The number of hydrogen-bond donors (Lipinski definition) is 1. The topological polar surface area (TPSA) is 64.3 Å². The summed E-state index contributed by atoms with van der Waals surface area (Å²) >= 11 is 6.10. The Kier molecular flexibility index (Phi) is 6.80. The van der Waals surface area contributed by atoms with E-state index in [0.29, 0.717) is 41.1 Å². The van der Waals surface area contributed by atoms with Gasteiger partial charge in [-0.1, -0.05) is 67.9 Å². The second-order valence-electron chi connectivity index (χ2n) is 8.29. The Labute approximate surface area is 198 Å². The van der Waals surface area contributed by atoms with E-state index in [1.807, 2.05) is 53.2 Å². The van der Waals surface area contributed by atoms with Crippen LogP contribution in [0.2, 0.25) is 5.02 Å². The van der Waals surface area contributed by atoms with E-state index in [-0.39, 0.29) is 5.56 Å². The van der Waals surface area contributed by atoms with Crippen molar-refractivity contribution in [1.29, 1.82) is 0 Å².